The minimum absolute atomic E-state index is 0.0400. The first-order chi connectivity index (χ1) is 39.8. The Morgan fingerprint density at radius 3 is 2.00 bits per heavy atom. The van der Waals surface area contributed by atoms with Crippen LogP contribution < -0.4 is 33.6 Å². The minimum Gasteiger partial charge on any atom is -0.493 e. The highest BCUT2D eigenvalue weighted by Crippen LogP contribution is 2.44. The van der Waals surface area contributed by atoms with Gasteiger partial charge in [-0.25, -0.2) is 4.79 Å². The molecular weight excluding hydrogens is 1090 g/mol. The first kappa shape index (κ1) is 58.1. The lowest BCUT2D eigenvalue weighted by molar-refractivity contribution is -0.197. The molecule has 0 saturated carbocycles. The highest BCUT2D eigenvalue weighted by molar-refractivity contribution is 8.77. The molecule has 5 aliphatic rings. The second-order valence-corrected chi connectivity index (χ2v) is 24.4. The topological polar surface area (TPSA) is 185 Å². The molecule has 5 heterocycles. The van der Waals surface area contributed by atoms with Crippen LogP contribution in [0, 0.1) is 0 Å². The van der Waals surface area contributed by atoms with Crippen LogP contribution in [0.1, 0.15) is 94.5 Å². The van der Waals surface area contributed by atoms with Crippen molar-refractivity contribution < 1.29 is 62.0 Å². The fourth-order valence-electron chi connectivity index (χ4n) is 11.0. The van der Waals surface area contributed by atoms with Gasteiger partial charge in [-0.15, -0.1) is 5.06 Å². The molecule has 10 rings (SSSR count). The molecule has 1 fully saturated rings. The number of fused-ring (bicyclic) bond motifs is 8. The van der Waals surface area contributed by atoms with Crippen LogP contribution in [-0.4, -0.2) is 131 Å². The van der Waals surface area contributed by atoms with Crippen LogP contribution >= 0.6 is 21.6 Å². The van der Waals surface area contributed by atoms with Gasteiger partial charge in [0.2, 0.25) is 0 Å². The monoisotopic (exact) mass is 1160 g/mol. The molecule has 0 bridgehead atoms. The van der Waals surface area contributed by atoms with E-state index in [1.165, 1.54) is 5.56 Å². The van der Waals surface area contributed by atoms with Crippen LogP contribution in [0.15, 0.2) is 96.0 Å². The van der Waals surface area contributed by atoms with Crippen molar-refractivity contribution in [3.05, 3.63) is 130 Å². The van der Waals surface area contributed by atoms with E-state index < -0.39 is 17.8 Å². The maximum Gasteiger partial charge on any atom is 0.333 e. The van der Waals surface area contributed by atoms with Gasteiger partial charge in [0.1, 0.15) is 13.2 Å². The number of hydrogen-bond donors (Lipinski definition) is 0. The molecule has 1 saturated heterocycles. The number of carbonyl (C=O) groups excluding carboxylic acids is 5. The summed E-state index contributed by atoms with van der Waals surface area (Å²) in [5.41, 5.74) is 9.07. The molecule has 20 heteroatoms. The summed E-state index contributed by atoms with van der Waals surface area (Å²) in [6, 6.07) is 29.4. The molecule has 0 radical (unpaired) electrons. The van der Waals surface area contributed by atoms with Gasteiger partial charge in [-0.2, -0.15) is 0 Å². The Hall–Kier alpha value is -7.10. The predicted molar refractivity (Wildman–Crippen MR) is 315 cm³/mol. The summed E-state index contributed by atoms with van der Waals surface area (Å²) in [5.74, 6) is 0.573. The number of hydrogen-bond acceptors (Lipinski definition) is 17. The minimum atomic E-state index is -0.620. The van der Waals surface area contributed by atoms with Gasteiger partial charge < -0.3 is 47.8 Å². The highest BCUT2D eigenvalue weighted by atomic mass is 33.1. The molecule has 4 amide bonds. The Morgan fingerprint density at radius 1 is 0.683 bits per heavy atom. The quantitative estimate of drug-likeness (QED) is 0.0275. The fourth-order valence-corrected chi connectivity index (χ4v) is 13.6. The number of aryl methyl sites for hydroxylation is 1. The van der Waals surface area contributed by atoms with E-state index in [1.807, 2.05) is 71.8 Å². The summed E-state index contributed by atoms with van der Waals surface area (Å²) < 4.78 is 41.8. The highest BCUT2D eigenvalue weighted by Gasteiger charge is 2.39. The van der Waals surface area contributed by atoms with Gasteiger partial charge in [-0.1, -0.05) is 58.0 Å². The number of methoxy groups -OCH3 is 3. The fraction of sp³-hybridized carbons (Fsp3) is 0.419. The van der Waals surface area contributed by atoms with E-state index in [0.717, 1.165) is 52.2 Å². The van der Waals surface area contributed by atoms with E-state index in [4.69, 9.17) is 43.0 Å². The maximum absolute atomic E-state index is 14.3. The van der Waals surface area contributed by atoms with Crippen LogP contribution in [0.5, 0.6) is 23.0 Å². The lowest BCUT2D eigenvalue weighted by Crippen LogP contribution is -2.38. The van der Waals surface area contributed by atoms with Crippen molar-refractivity contribution >= 4 is 80.1 Å². The summed E-state index contributed by atoms with van der Waals surface area (Å²) in [7, 11) is 8.09. The second kappa shape index (κ2) is 26.4. The zero-order valence-electron chi connectivity index (χ0n) is 47.0. The van der Waals surface area contributed by atoms with Crippen LogP contribution in [-0.2, 0) is 65.9 Å². The maximum atomic E-state index is 14.3. The predicted octanol–water partition coefficient (Wildman–Crippen LogP) is 9.70. The summed E-state index contributed by atoms with van der Waals surface area (Å²) in [6.07, 6.45) is 5.45. The summed E-state index contributed by atoms with van der Waals surface area (Å²) >= 11 is 0. The van der Waals surface area contributed by atoms with Crippen molar-refractivity contribution in [2.45, 2.75) is 95.3 Å². The lowest BCUT2D eigenvalue weighted by atomic mass is 9.99. The van der Waals surface area contributed by atoms with E-state index in [-0.39, 0.29) is 61.1 Å². The molecule has 5 aliphatic heterocycles. The number of benzene rings is 5. The van der Waals surface area contributed by atoms with Gasteiger partial charge in [-0.3, -0.25) is 29.1 Å². The Morgan fingerprint density at radius 2 is 1.30 bits per heavy atom. The van der Waals surface area contributed by atoms with Crippen molar-refractivity contribution in [3.8, 4) is 23.0 Å². The van der Waals surface area contributed by atoms with E-state index >= 15 is 0 Å². The van der Waals surface area contributed by atoms with Crippen molar-refractivity contribution in [2.75, 3.05) is 87.9 Å². The van der Waals surface area contributed by atoms with Crippen LogP contribution in [0.4, 0.5) is 22.7 Å². The third-order valence-electron chi connectivity index (χ3n) is 15.0. The summed E-state index contributed by atoms with van der Waals surface area (Å²) in [5, 5.41) is 0.584. The molecule has 0 spiro atoms. The molecular formula is C62H69N5O13S2. The molecule has 0 aliphatic carbocycles. The Bertz CT molecular complexity index is 3210. The Labute approximate surface area is 486 Å². The van der Waals surface area contributed by atoms with Gasteiger partial charge in [0, 0.05) is 97.3 Å². The van der Waals surface area contributed by atoms with E-state index in [2.05, 4.69) is 36.9 Å². The van der Waals surface area contributed by atoms with Crippen molar-refractivity contribution in [1.29, 1.82) is 0 Å². The van der Waals surface area contributed by atoms with Crippen molar-refractivity contribution in [1.82, 2.24) is 5.06 Å². The standard InChI is InChI=1S/C62H69N5O13S2/c1-62(2,82-81-26-10-15-59(70)80-67-57(68)18-19-58(67)69)39-64(20-21-76-24-25-77-23-22-73-3)46-28-40(37-78-55-32-42-16-17-45-30-43-11-6-8-13-51(43)65(45)60(71)48(42)33-53(55)74-4)27-41(29-46)38-79-56-35-50-49(34-54(56)75-5)61(72)66-47(36-63-50)31-44-12-7-9-14-52(44)66/h6-9,11-14,27-29,32-36,45,47H,10,15-26,30-31,37-39H2,1-5H3/t45-,47+/m1/s1. The second-order valence-electron chi connectivity index (χ2n) is 21.3. The number of rotatable bonds is 27. The first-order valence-electron chi connectivity index (χ1n) is 27.8. The molecule has 5 aromatic carbocycles. The normalized spacial score (nSPS) is 16.9. The molecule has 432 valence electrons. The number of ether oxygens (including phenoxy) is 7. The van der Waals surface area contributed by atoms with E-state index in [1.54, 1.807) is 59.9 Å². The third-order valence-corrected chi connectivity index (χ3v) is 18.3. The van der Waals surface area contributed by atoms with Gasteiger partial charge >= 0.3 is 5.97 Å². The van der Waals surface area contributed by atoms with E-state index in [0.29, 0.717) is 116 Å². The van der Waals surface area contributed by atoms with E-state index in [9.17, 15) is 24.0 Å². The number of anilines is 3. The van der Waals surface area contributed by atoms with Crippen LogP contribution in [0.25, 0.3) is 0 Å². The van der Waals surface area contributed by atoms with Crippen LogP contribution in [0.2, 0.25) is 0 Å². The zero-order valence-corrected chi connectivity index (χ0v) is 48.6. The van der Waals surface area contributed by atoms with Crippen molar-refractivity contribution in [2.24, 2.45) is 4.99 Å². The number of nitrogens with zero attached hydrogens (tertiary/aromatic N) is 5. The van der Waals surface area contributed by atoms with Gasteiger partial charge in [0.15, 0.2) is 23.0 Å². The number of imide groups is 1. The molecule has 2 atom stereocenters. The Kier molecular flexibility index (Phi) is 18.7. The molecule has 0 unspecified atom stereocenters. The number of amides is 4. The molecule has 82 heavy (non-hydrogen) atoms. The SMILES string of the molecule is COCCOCCOCCN(CC(C)(C)SSCCCC(=O)ON1C(=O)CCC1=O)c1cc(COc2cc3c(cc2OC)C(=O)N2c4ccccc4C[C@H]2CC3)cc(COc2cc3c(cc2OC)C(=O)N2c4ccccc4C[C@H]2C=N3)c1. The number of aliphatic imine (C=N–C) groups is 1. The zero-order chi connectivity index (χ0) is 57.3. The smallest absolute Gasteiger partial charge is 0.333 e. The number of hydroxylamine groups is 2. The Balaban J connectivity index is 0.908. The summed E-state index contributed by atoms with van der Waals surface area (Å²) in [6.45, 7) is 7.83. The first-order valence-corrected chi connectivity index (χ1v) is 30.1. The van der Waals surface area contributed by atoms with Crippen molar-refractivity contribution in [3.63, 3.8) is 0 Å². The average Bonchev–Trinajstić information content (AvgIpc) is 3.00. The molecule has 5 aromatic rings. The number of carbonyl (C=O) groups is 5. The number of para-hydroxylation sites is 2. The molecule has 18 nitrogen and oxygen atoms in total. The largest absolute Gasteiger partial charge is 0.493 e. The van der Waals surface area contributed by atoms with Crippen LogP contribution in [0.3, 0.4) is 0 Å². The van der Waals surface area contributed by atoms with Gasteiger partial charge in [0.05, 0.1) is 64.5 Å². The summed E-state index contributed by atoms with van der Waals surface area (Å²) in [4.78, 5) is 81.1. The van der Waals surface area contributed by atoms with Gasteiger partial charge in [-0.05, 0) is 116 Å². The average molecular weight is 1160 g/mol. The lowest BCUT2D eigenvalue weighted by Gasteiger charge is -2.34. The third kappa shape index (κ3) is 13.4. The molecule has 0 aromatic heterocycles. The van der Waals surface area contributed by atoms with Gasteiger partial charge in [0.25, 0.3) is 23.6 Å². The molecule has 0 N–H and O–H groups in total.